The SMILES string of the molecule is CCn1c(COc2cccc(C)c2)nnc1SCC(=O)NC1CC1. The van der Waals surface area contributed by atoms with E-state index < -0.39 is 0 Å². The van der Waals surface area contributed by atoms with Crippen LogP contribution in [-0.2, 0) is 17.9 Å². The summed E-state index contributed by atoms with van der Waals surface area (Å²) in [6.45, 7) is 5.17. The first-order chi connectivity index (χ1) is 11.7. The highest BCUT2D eigenvalue weighted by molar-refractivity contribution is 7.99. The van der Waals surface area contributed by atoms with Crippen LogP contribution in [0.4, 0.5) is 0 Å². The maximum Gasteiger partial charge on any atom is 0.230 e. The normalized spacial score (nSPS) is 13.8. The lowest BCUT2D eigenvalue weighted by Gasteiger charge is -2.09. The number of hydrogen-bond donors (Lipinski definition) is 1. The fourth-order valence-corrected chi connectivity index (χ4v) is 3.16. The van der Waals surface area contributed by atoms with E-state index in [1.807, 2.05) is 42.7 Å². The van der Waals surface area contributed by atoms with E-state index in [2.05, 4.69) is 15.5 Å². The quantitative estimate of drug-likeness (QED) is 0.744. The minimum Gasteiger partial charge on any atom is -0.486 e. The second kappa shape index (κ2) is 7.70. The van der Waals surface area contributed by atoms with E-state index in [0.29, 0.717) is 18.4 Å². The predicted molar refractivity (Wildman–Crippen MR) is 93.1 cm³/mol. The Morgan fingerprint density at radius 2 is 2.25 bits per heavy atom. The van der Waals surface area contributed by atoms with Crippen LogP contribution in [0.1, 0.15) is 31.2 Å². The van der Waals surface area contributed by atoms with Crippen LogP contribution in [0.25, 0.3) is 0 Å². The van der Waals surface area contributed by atoms with E-state index in [0.717, 1.165) is 41.7 Å². The number of thioether (sulfide) groups is 1. The summed E-state index contributed by atoms with van der Waals surface area (Å²) in [7, 11) is 0. The lowest BCUT2D eigenvalue weighted by atomic mass is 10.2. The summed E-state index contributed by atoms with van der Waals surface area (Å²) in [6.07, 6.45) is 2.20. The highest BCUT2D eigenvalue weighted by atomic mass is 32.2. The van der Waals surface area contributed by atoms with Crippen molar-refractivity contribution in [3.05, 3.63) is 35.7 Å². The average molecular weight is 346 g/mol. The first-order valence-electron chi connectivity index (χ1n) is 8.19. The average Bonchev–Trinajstić information content (AvgIpc) is 3.29. The van der Waals surface area contributed by atoms with Crippen LogP contribution in [0.5, 0.6) is 5.75 Å². The molecule has 0 aliphatic heterocycles. The molecule has 0 bridgehead atoms. The summed E-state index contributed by atoms with van der Waals surface area (Å²) >= 11 is 1.42. The molecule has 1 amide bonds. The summed E-state index contributed by atoms with van der Waals surface area (Å²) in [5.41, 5.74) is 1.15. The van der Waals surface area contributed by atoms with Crippen molar-refractivity contribution < 1.29 is 9.53 Å². The molecule has 1 aromatic heterocycles. The minimum atomic E-state index is 0.0608. The molecule has 2 aromatic rings. The first-order valence-corrected chi connectivity index (χ1v) is 9.18. The number of carbonyl (C=O) groups excluding carboxylic acids is 1. The van der Waals surface area contributed by atoms with Gasteiger partial charge in [-0.2, -0.15) is 0 Å². The Balaban J connectivity index is 1.57. The Kier molecular flexibility index (Phi) is 5.40. The highest BCUT2D eigenvalue weighted by Gasteiger charge is 2.23. The van der Waals surface area contributed by atoms with Gasteiger partial charge in [-0.25, -0.2) is 0 Å². The molecule has 3 rings (SSSR count). The summed E-state index contributed by atoms with van der Waals surface area (Å²) < 4.78 is 7.79. The molecule has 0 spiro atoms. The van der Waals surface area contributed by atoms with E-state index in [9.17, 15) is 4.79 Å². The number of aryl methyl sites for hydroxylation is 1. The van der Waals surface area contributed by atoms with Crippen molar-refractivity contribution in [2.75, 3.05) is 5.75 Å². The highest BCUT2D eigenvalue weighted by Crippen LogP contribution is 2.21. The molecule has 128 valence electrons. The number of aromatic nitrogens is 3. The van der Waals surface area contributed by atoms with Crippen LogP contribution in [-0.4, -0.2) is 32.5 Å². The molecule has 6 nitrogen and oxygen atoms in total. The second-order valence-corrected chi connectivity index (χ2v) is 6.82. The zero-order chi connectivity index (χ0) is 16.9. The van der Waals surface area contributed by atoms with Gasteiger partial charge in [-0.15, -0.1) is 10.2 Å². The maximum atomic E-state index is 11.8. The molecular formula is C17H22N4O2S. The molecule has 1 heterocycles. The van der Waals surface area contributed by atoms with E-state index in [-0.39, 0.29) is 5.91 Å². The predicted octanol–water partition coefficient (Wildman–Crippen LogP) is 2.56. The van der Waals surface area contributed by atoms with Gasteiger partial charge in [-0.3, -0.25) is 4.79 Å². The van der Waals surface area contributed by atoms with Crippen LogP contribution >= 0.6 is 11.8 Å². The van der Waals surface area contributed by atoms with Crippen molar-refractivity contribution in [2.45, 2.75) is 51.0 Å². The van der Waals surface area contributed by atoms with Gasteiger partial charge in [0.25, 0.3) is 0 Å². The molecule has 0 atom stereocenters. The molecule has 0 saturated heterocycles. The third-order valence-electron chi connectivity index (χ3n) is 3.74. The van der Waals surface area contributed by atoms with Crippen LogP contribution in [0.3, 0.4) is 0 Å². The maximum absolute atomic E-state index is 11.8. The number of ether oxygens (including phenoxy) is 1. The molecule has 1 N–H and O–H groups in total. The van der Waals surface area contributed by atoms with Gasteiger partial charge in [0.2, 0.25) is 5.91 Å². The lowest BCUT2D eigenvalue weighted by molar-refractivity contribution is -0.118. The third kappa shape index (κ3) is 4.50. The van der Waals surface area contributed by atoms with Crippen LogP contribution in [0.2, 0.25) is 0 Å². The Bertz CT molecular complexity index is 712. The number of carbonyl (C=O) groups is 1. The number of nitrogens with one attached hydrogen (secondary N) is 1. The molecule has 24 heavy (non-hydrogen) atoms. The van der Waals surface area contributed by atoms with Crippen molar-refractivity contribution >= 4 is 17.7 Å². The molecule has 1 aliphatic rings. The van der Waals surface area contributed by atoms with Gasteiger partial charge in [-0.1, -0.05) is 23.9 Å². The van der Waals surface area contributed by atoms with Crippen molar-refractivity contribution in [1.82, 2.24) is 20.1 Å². The Morgan fingerprint density at radius 3 is 2.96 bits per heavy atom. The number of nitrogens with zero attached hydrogens (tertiary/aromatic N) is 3. The molecule has 0 radical (unpaired) electrons. The van der Waals surface area contributed by atoms with E-state index in [1.54, 1.807) is 0 Å². The Labute approximate surface area is 146 Å². The molecular weight excluding hydrogens is 324 g/mol. The largest absolute Gasteiger partial charge is 0.486 e. The zero-order valence-electron chi connectivity index (χ0n) is 14.0. The van der Waals surface area contributed by atoms with Gasteiger partial charge in [0, 0.05) is 12.6 Å². The fraction of sp³-hybridized carbons (Fsp3) is 0.471. The molecule has 1 aromatic carbocycles. The van der Waals surface area contributed by atoms with E-state index >= 15 is 0 Å². The summed E-state index contributed by atoms with van der Waals surface area (Å²) in [6, 6.07) is 8.31. The molecule has 1 saturated carbocycles. The monoisotopic (exact) mass is 346 g/mol. The first kappa shape index (κ1) is 16.8. The lowest BCUT2D eigenvalue weighted by Crippen LogP contribution is -2.27. The zero-order valence-corrected chi connectivity index (χ0v) is 14.8. The van der Waals surface area contributed by atoms with Gasteiger partial charge < -0.3 is 14.6 Å². The standard InChI is InChI=1S/C17H22N4O2S/c1-3-21-15(10-23-14-6-4-5-12(2)9-14)19-20-17(21)24-11-16(22)18-13-7-8-13/h4-6,9,13H,3,7-8,10-11H2,1-2H3,(H,18,22). The van der Waals surface area contributed by atoms with Gasteiger partial charge in [-0.05, 0) is 44.4 Å². The summed E-state index contributed by atoms with van der Waals surface area (Å²) in [4.78, 5) is 11.8. The van der Waals surface area contributed by atoms with Gasteiger partial charge in [0.15, 0.2) is 11.0 Å². The van der Waals surface area contributed by atoms with Crippen molar-refractivity contribution in [1.29, 1.82) is 0 Å². The second-order valence-electron chi connectivity index (χ2n) is 5.88. The fourth-order valence-electron chi connectivity index (χ4n) is 2.33. The van der Waals surface area contributed by atoms with Crippen LogP contribution in [0.15, 0.2) is 29.4 Å². The van der Waals surface area contributed by atoms with E-state index in [4.69, 9.17) is 4.74 Å². The van der Waals surface area contributed by atoms with Crippen LogP contribution < -0.4 is 10.1 Å². The number of rotatable bonds is 8. The molecule has 1 aliphatic carbocycles. The van der Waals surface area contributed by atoms with Crippen molar-refractivity contribution in [3.8, 4) is 5.75 Å². The van der Waals surface area contributed by atoms with Crippen molar-refractivity contribution in [2.24, 2.45) is 0 Å². The Hall–Kier alpha value is -2.02. The summed E-state index contributed by atoms with van der Waals surface area (Å²) in [5.74, 6) is 2.02. The van der Waals surface area contributed by atoms with Crippen LogP contribution in [0, 0.1) is 6.92 Å². The number of hydrogen-bond acceptors (Lipinski definition) is 5. The summed E-state index contributed by atoms with van der Waals surface area (Å²) in [5, 5.41) is 12.1. The van der Waals surface area contributed by atoms with Gasteiger partial charge >= 0.3 is 0 Å². The van der Waals surface area contributed by atoms with Crippen molar-refractivity contribution in [3.63, 3.8) is 0 Å². The topological polar surface area (TPSA) is 69.0 Å². The number of benzene rings is 1. The molecule has 1 fully saturated rings. The number of amides is 1. The third-order valence-corrected chi connectivity index (χ3v) is 4.71. The van der Waals surface area contributed by atoms with Gasteiger partial charge in [0.05, 0.1) is 5.75 Å². The molecule has 0 unspecified atom stereocenters. The smallest absolute Gasteiger partial charge is 0.230 e. The Morgan fingerprint density at radius 1 is 1.42 bits per heavy atom. The van der Waals surface area contributed by atoms with Gasteiger partial charge in [0.1, 0.15) is 12.4 Å². The minimum absolute atomic E-state index is 0.0608. The molecule has 7 heteroatoms. The van der Waals surface area contributed by atoms with E-state index in [1.165, 1.54) is 11.8 Å².